The SMILES string of the molecule is Cc1ccc(OCC(=O)NC(=S)Nc2ccc(N3CCN(C(=O)c4cccs4)CC3)cc2)cc1C. The van der Waals surface area contributed by atoms with E-state index in [1.165, 1.54) is 16.9 Å². The highest BCUT2D eigenvalue weighted by atomic mass is 32.1. The molecule has 35 heavy (non-hydrogen) atoms. The summed E-state index contributed by atoms with van der Waals surface area (Å²) in [4.78, 5) is 29.7. The van der Waals surface area contributed by atoms with E-state index in [2.05, 4.69) is 15.5 Å². The van der Waals surface area contributed by atoms with Gasteiger partial charge in [-0.1, -0.05) is 12.1 Å². The molecule has 2 aromatic carbocycles. The lowest BCUT2D eigenvalue weighted by molar-refractivity contribution is -0.121. The summed E-state index contributed by atoms with van der Waals surface area (Å²) in [5.41, 5.74) is 4.14. The zero-order valence-electron chi connectivity index (χ0n) is 19.7. The number of nitrogens with one attached hydrogen (secondary N) is 2. The second-order valence-corrected chi connectivity index (χ2v) is 9.70. The van der Waals surface area contributed by atoms with Crippen LogP contribution in [0.15, 0.2) is 60.0 Å². The van der Waals surface area contributed by atoms with Crippen molar-refractivity contribution in [1.29, 1.82) is 0 Å². The standard InChI is InChI=1S/C26H28N4O3S2/c1-18-5-10-22(16-19(18)2)33-17-24(31)28-26(34)27-20-6-8-21(9-7-20)29-11-13-30(14-12-29)25(32)23-4-3-15-35-23/h3-10,15-16H,11-14,17H2,1-2H3,(H2,27,28,31,34). The van der Waals surface area contributed by atoms with E-state index < -0.39 is 0 Å². The Morgan fingerprint density at radius 2 is 1.74 bits per heavy atom. The zero-order valence-corrected chi connectivity index (χ0v) is 21.4. The van der Waals surface area contributed by atoms with Gasteiger partial charge in [-0.2, -0.15) is 0 Å². The van der Waals surface area contributed by atoms with E-state index in [-0.39, 0.29) is 23.5 Å². The summed E-state index contributed by atoms with van der Waals surface area (Å²) in [5, 5.41) is 7.81. The van der Waals surface area contributed by atoms with Gasteiger partial charge in [-0.05, 0) is 85.0 Å². The largest absolute Gasteiger partial charge is 0.484 e. The molecule has 9 heteroatoms. The van der Waals surface area contributed by atoms with Gasteiger partial charge in [-0.25, -0.2) is 0 Å². The number of hydrogen-bond donors (Lipinski definition) is 2. The highest BCUT2D eigenvalue weighted by Crippen LogP contribution is 2.21. The van der Waals surface area contributed by atoms with Gasteiger partial charge >= 0.3 is 0 Å². The summed E-state index contributed by atoms with van der Waals surface area (Å²) >= 11 is 6.74. The van der Waals surface area contributed by atoms with Crippen molar-refractivity contribution in [2.75, 3.05) is 43.0 Å². The first-order valence-electron chi connectivity index (χ1n) is 11.4. The molecule has 4 rings (SSSR count). The maximum atomic E-state index is 12.5. The Balaban J connectivity index is 1.21. The molecule has 0 radical (unpaired) electrons. The number of piperazine rings is 1. The maximum Gasteiger partial charge on any atom is 0.264 e. The Kier molecular flexibility index (Phi) is 7.99. The molecule has 182 valence electrons. The van der Waals surface area contributed by atoms with Gasteiger partial charge in [0, 0.05) is 37.6 Å². The molecule has 0 atom stereocenters. The van der Waals surface area contributed by atoms with Crippen molar-refractivity contribution in [3.63, 3.8) is 0 Å². The van der Waals surface area contributed by atoms with Crippen LogP contribution in [-0.2, 0) is 4.79 Å². The summed E-state index contributed by atoms with van der Waals surface area (Å²) < 4.78 is 5.55. The topological polar surface area (TPSA) is 73.9 Å². The second kappa shape index (κ2) is 11.3. The van der Waals surface area contributed by atoms with E-state index in [1.807, 2.05) is 78.7 Å². The first-order chi connectivity index (χ1) is 16.9. The lowest BCUT2D eigenvalue weighted by atomic mass is 10.1. The number of rotatable bonds is 6. The Morgan fingerprint density at radius 3 is 2.40 bits per heavy atom. The van der Waals surface area contributed by atoms with Crippen LogP contribution in [0.1, 0.15) is 20.8 Å². The van der Waals surface area contributed by atoms with Gasteiger partial charge < -0.3 is 19.9 Å². The Labute approximate surface area is 214 Å². The van der Waals surface area contributed by atoms with Gasteiger partial charge in [0.15, 0.2) is 11.7 Å². The third-order valence-corrected chi connectivity index (χ3v) is 6.95. The number of carbonyl (C=O) groups is 2. The molecule has 0 spiro atoms. The number of anilines is 2. The van der Waals surface area contributed by atoms with Crippen molar-refractivity contribution in [2.24, 2.45) is 0 Å². The average Bonchev–Trinajstić information content (AvgIpc) is 3.40. The lowest BCUT2D eigenvalue weighted by Crippen LogP contribution is -2.48. The third-order valence-electron chi connectivity index (χ3n) is 5.89. The first kappa shape index (κ1) is 24.7. The number of nitrogens with zero attached hydrogens (tertiary/aromatic N) is 2. The first-order valence-corrected chi connectivity index (χ1v) is 12.7. The summed E-state index contributed by atoms with van der Waals surface area (Å²) in [6.45, 7) is 6.84. The van der Waals surface area contributed by atoms with E-state index in [4.69, 9.17) is 17.0 Å². The fourth-order valence-corrected chi connectivity index (χ4v) is 4.68. The van der Waals surface area contributed by atoms with Crippen molar-refractivity contribution >= 4 is 51.9 Å². The van der Waals surface area contributed by atoms with Gasteiger partial charge in [0.1, 0.15) is 5.75 Å². The molecular weight excluding hydrogens is 480 g/mol. The van der Waals surface area contributed by atoms with Crippen molar-refractivity contribution in [3.8, 4) is 5.75 Å². The van der Waals surface area contributed by atoms with Crippen LogP contribution in [0, 0.1) is 13.8 Å². The van der Waals surface area contributed by atoms with Crippen LogP contribution < -0.4 is 20.3 Å². The predicted molar refractivity (Wildman–Crippen MR) is 145 cm³/mol. The molecule has 0 unspecified atom stereocenters. The Hall–Kier alpha value is -3.43. The van der Waals surface area contributed by atoms with Gasteiger partial charge in [0.25, 0.3) is 11.8 Å². The molecule has 2 heterocycles. The molecule has 1 aliphatic rings. The summed E-state index contributed by atoms with van der Waals surface area (Å²) in [5.74, 6) is 0.427. The number of benzene rings is 2. The van der Waals surface area contributed by atoms with E-state index in [1.54, 1.807) is 0 Å². The number of thiophene rings is 1. The van der Waals surface area contributed by atoms with Gasteiger partial charge in [-0.3, -0.25) is 14.9 Å². The van der Waals surface area contributed by atoms with Crippen LogP contribution >= 0.6 is 23.6 Å². The van der Waals surface area contributed by atoms with Gasteiger partial charge in [0.2, 0.25) is 0 Å². The fraction of sp³-hybridized carbons (Fsp3) is 0.269. The molecule has 1 aliphatic heterocycles. The van der Waals surface area contributed by atoms with Crippen molar-refractivity contribution in [1.82, 2.24) is 10.2 Å². The monoisotopic (exact) mass is 508 g/mol. The molecule has 0 saturated carbocycles. The Morgan fingerprint density at radius 1 is 1.00 bits per heavy atom. The number of thiocarbonyl (C=S) groups is 1. The van der Waals surface area contributed by atoms with E-state index in [9.17, 15) is 9.59 Å². The molecule has 2 N–H and O–H groups in total. The summed E-state index contributed by atoms with van der Waals surface area (Å²) in [7, 11) is 0. The minimum atomic E-state index is -0.327. The Bertz CT molecular complexity index is 1190. The fourth-order valence-electron chi connectivity index (χ4n) is 3.76. The van der Waals surface area contributed by atoms with Crippen LogP contribution in [0.25, 0.3) is 0 Å². The maximum absolute atomic E-state index is 12.5. The highest BCUT2D eigenvalue weighted by molar-refractivity contribution is 7.80. The molecule has 7 nitrogen and oxygen atoms in total. The van der Waals surface area contributed by atoms with Crippen molar-refractivity contribution < 1.29 is 14.3 Å². The molecular formula is C26H28N4O3S2. The predicted octanol–water partition coefficient (Wildman–Crippen LogP) is 4.22. The molecule has 1 aromatic heterocycles. The van der Waals surface area contributed by atoms with E-state index >= 15 is 0 Å². The second-order valence-electron chi connectivity index (χ2n) is 8.34. The van der Waals surface area contributed by atoms with E-state index in [0.717, 1.165) is 34.9 Å². The minimum Gasteiger partial charge on any atom is -0.484 e. The van der Waals surface area contributed by atoms with Crippen LogP contribution in [0.4, 0.5) is 11.4 Å². The normalized spacial score (nSPS) is 13.3. The molecule has 1 fully saturated rings. The molecule has 0 aliphatic carbocycles. The van der Waals surface area contributed by atoms with Crippen molar-refractivity contribution in [2.45, 2.75) is 13.8 Å². The molecule has 0 bridgehead atoms. The number of aryl methyl sites for hydroxylation is 2. The summed E-state index contributed by atoms with van der Waals surface area (Å²) in [6, 6.07) is 17.3. The van der Waals surface area contributed by atoms with Gasteiger partial charge in [-0.15, -0.1) is 11.3 Å². The summed E-state index contributed by atoms with van der Waals surface area (Å²) in [6.07, 6.45) is 0. The quantitative estimate of drug-likeness (QED) is 0.486. The van der Waals surface area contributed by atoms with Gasteiger partial charge in [0.05, 0.1) is 4.88 Å². The number of carbonyl (C=O) groups excluding carboxylic acids is 2. The highest BCUT2D eigenvalue weighted by Gasteiger charge is 2.22. The smallest absolute Gasteiger partial charge is 0.264 e. The number of ether oxygens (including phenoxy) is 1. The van der Waals surface area contributed by atoms with Crippen LogP contribution in [0.5, 0.6) is 5.75 Å². The van der Waals surface area contributed by atoms with Crippen LogP contribution in [-0.4, -0.2) is 54.6 Å². The average molecular weight is 509 g/mol. The minimum absolute atomic E-state index is 0.106. The molecule has 2 amide bonds. The van der Waals surface area contributed by atoms with Crippen LogP contribution in [0.3, 0.4) is 0 Å². The number of amides is 2. The molecule has 1 saturated heterocycles. The lowest BCUT2D eigenvalue weighted by Gasteiger charge is -2.36. The molecule has 3 aromatic rings. The van der Waals surface area contributed by atoms with Crippen molar-refractivity contribution in [3.05, 3.63) is 76.0 Å². The zero-order chi connectivity index (χ0) is 24.8. The third kappa shape index (κ3) is 6.58. The van der Waals surface area contributed by atoms with E-state index in [0.29, 0.717) is 18.8 Å². The van der Waals surface area contributed by atoms with Crippen LogP contribution in [0.2, 0.25) is 0 Å². The number of hydrogen-bond acceptors (Lipinski definition) is 6.